The predicted molar refractivity (Wildman–Crippen MR) is 59.5 cm³/mol. The maximum absolute atomic E-state index is 11.1. The Morgan fingerprint density at radius 2 is 1.93 bits per heavy atom. The third-order valence-corrected chi connectivity index (χ3v) is 4.40. The fourth-order valence-corrected chi connectivity index (χ4v) is 3.75. The lowest BCUT2D eigenvalue weighted by atomic mass is 9.58. The Labute approximate surface area is 92.1 Å². The lowest BCUT2D eigenvalue weighted by Gasteiger charge is -2.46. The van der Waals surface area contributed by atoms with Crippen molar-refractivity contribution in [1.82, 2.24) is 0 Å². The van der Waals surface area contributed by atoms with Crippen LogP contribution in [-0.4, -0.2) is 11.1 Å². The summed E-state index contributed by atoms with van der Waals surface area (Å²) in [5.41, 5.74) is 0. The number of rotatable bonds is 3. The predicted octanol–water partition coefficient (Wildman–Crippen LogP) is 3.17. The van der Waals surface area contributed by atoms with E-state index in [9.17, 15) is 4.79 Å². The van der Waals surface area contributed by atoms with E-state index in [0.717, 1.165) is 24.7 Å². The summed E-state index contributed by atoms with van der Waals surface area (Å²) in [5.74, 6) is 2.20. The van der Waals surface area contributed by atoms with Gasteiger partial charge in [0.25, 0.3) is 0 Å². The minimum atomic E-state index is -0.548. The van der Waals surface area contributed by atoms with Crippen LogP contribution in [0.4, 0.5) is 0 Å². The second kappa shape index (κ2) is 4.15. The minimum Gasteiger partial charge on any atom is -0.481 e. The first kappa shape index (κ1) is 11.0. The number of hydrogen-bond donors (Lipinski definition) is 1. The SMILES string of the molecule is CC(C)CC1CC2CCC1CC2C(=O)O. The first-order valence-corrected chi connectivity index (χ1v) is 6.30. The number of carboxylic acids is 1. The van der Waals surface area contributed by atoms with Gasteiger partial charge in [0.1, 0.15) is 0 Å². The number of carbonyl (C=O) groups is 1. The molecule has 0 radical (unpaired) electrons. The van der Waals surface area contributed by atoms with E-state index in [1.807, 2.05) is 0 Å². The second-order valence-electron chi connectivity index (χ2n) is 5.90. The van der Waals surface area contributed by atoms with Crippen molar-refractivity contribution >= 4 is 5.97 Å². The van der Waals surface area contributed by atoms with Crippen molar-refractivity contribution in [3.8, 4) is 0 Å². The largest absolute Gasteiger partial charge is 0.481 e. The summed E-state index contributed by atoms with van der Waals surface area (Å²) in [6.07, 6.45) is 5.88. The molecule has 15 heavy (non-hydrogen) atoms. The average Bonchev–Trinajstić information content (AvgIpc) is 2.17. The van der Waals surface area contributed by atoms with Crippen LogP contribution in [0.3, 0.4) is 0 Å². The molecule has 0 aromatic rings. The van der Waals surface area contributed by atoms with Gasteiger partial charge in [-0.05, 0) is 55.8 Å². The Hall–Kier alpha value is -0.530. The number of aliphatic carboxylic acids is 1. The highest BCUT2D eigenvalue weighted by molar-refractivity contribution is 5.70. The van der Waals surface area contributed by atoms with Crippen LogP contribution in [-0.2, 0) is 4.79 Å². The van der Waals surface area contributed by atoms with Gasteiger partial charge in [0.05, 0.1) is 5.92 Å². The molecule has 3 rings (SSSR count). The van der Waals surface area contributed by atoms with Gasteiger partial charge < -0.3 is 5.11 Å². The summed E-state index contributed by atoms with van der Waals surface area (Å²) in [6, 6.07) is 0. The van der Waals surface area contributed by atoms with E-state index in [1.165, 1.54) is 19.3 Å². The molecule has 3 fully saturated rings. The van der Waals surface area contributed by atoms with Gasteiger partial charge in [-0.1, -0.05) is 13.8 Å². The van der Waals surface area contributed by atoms with Gasteiger partial charge in [-0.3, -0.25) is 4.79 Å². The van der Waals surface area contributed by atoms with Gasteiger partial charge in [0.2, 0.25) is 0 Å². The molecule has 2 heteroatoms. The van der Waals surface area contributed by atoms with Crippen molar-refractivity contribution in [3.63, 3.8) is 0 Å². The molecule has 3 aliphatic rings. The molecule has 1 N–H and O–H groups in total. The third-order valence-electron chi connectivity index (χ3n) is 4.40. The highest BCUT2D eigenvalue weighted by Crippen LogP contribution is 2.50. The van der Waals surface area contributed by atoms with E-state index >= 15 is 0 Å². The molecule has 4 atom stereocenters. The van der Waals surface area contributed by atoms with E-state index in [0.29, 0.717) is 11.8 Å². The van der Waals surface area contributed by atoms with Crippen LogP contribution >= 0.6 is 0 Å². The van der Waals surface area contributed by atoms with Crippen LogP contribution in [0, 0.1) is 29.6 Å². The molecular weight excluding hydrogens is 188 g/mol. The lowest BCUT2D eigenvalue weighted by Crippen LogP contribution is -2.41. The Morgan fingerprint density at radius 3 is 2.40 bits per heavy atom. The molecule has 3 saturated carbocycles. The summed E-state index contributed by atoms with van der Waals surface area (Å²) < 4.78 is 0. The Bertz CT molecular complexity index is 247. The number of fused-ring (bicyclic) bond motifs is 3. The maximum atomic E-state index is 11.1. The van der Waals surface area contributed by atoms with Crippen LogP contribution < -0.4 is 0 Å². The molecule has 0 aromatic heterocycles. The zero-order valence-corrected chi connectivity index (χ0v) is 9.78. The molecule has 2 nitrogen and oxygen atoms in total. The summed E-state index contributed by atoms with van der Waals surface area (Å²) in [7, 11) is 0. The van der Waals surface area contributed by atoms with E-state index in [2.05, 4.69) is 13.8 Å². The second-order valence-corrected chi connectivity index (χ2v) is 5.90. The van der Waals surface area contributed by atoms with E-state index in [1.54, 1.807) is 0 Å². The van der Waals surface area contributed by atoms with Crippen molar-refractivity contribution in [1.29, 1.82) is 0 Å². The van der Waals surface area contributed by atoms with Crippen molar-refractivity contribution in [3.05, 3.63) is 0 Å². The molecule has 2 bridgehead atoms. The molecule has 0 aliphatic heterocycles. The van der Waals surface area contributed by atoms with Gasteiger partial charge in [-0.25, -0.2) is 0 Å². The van der Waals surface area contributed by atoms with Crippen LogP contribution in [0.2, 0.25) is 0 Å². The first-order chi connectivity index (χ1) is 7.08. The Kier molecular flexibility index (Phi) is 3.03. The number of carboxylic acid groups (broad SMARTS) is 1. The molecule has 0 aromatic carbocycles. The summed E-state index contributed by atoms with van der Waals surface area (Å²) in [5, 5.41) is 9.13. The molecule has 0 amide bonds. The van der Waals surface area contributed by atoms with E-state index < -0.39 is 5.97 Å². The molecule has 4 unspecified atom stereocenters. The van der Waals surface area contributed by atoms with E-state index in [-0.39, 0.29) is 5.92 Å². The lowest BCUT2D eigenvalue weighted by molar-refractivity contribution is -0.149. The quantitative estimate of drug-likeness (QED) is 0.776. The Balaban J connectivity index is 1.99. The average molecular weight is 210 g/mol. The highest BCUT2D eigenvalue weighted by Gasteiger charge is 2.44. The molecule has 0 spiro atoms. The maximum Gasteiger partial charge on any atom is 0.306 e. The Morgan fingerprint density at radius 1 is 1.27 bits per heavy atom. The smallest absolute Gasteiger partial charge is 0.306 e. The van der Waals surface area contributed by atoms with Gasteiger partial charge in [-0.15, -0.1) is 0 Å². The topological polar surface area (TPSA) is 37.3 Å². The summed E-state index contributed by atoms with van der Waals surface area (Å²) in [4.78, 5) is 11.1. The van der Waals surface area contributed by atoms with Crippen LogP contribution in [0.15, 0.2) is 0 Å². The molecule has 86 valence electrons. The minimum absolute atomic E-state index is 0.0211. The zero-order chi connectivity index (χ0) is 11.0. The van der Waals surface area contributed by atoms with E-state index in [4.69, 9.17) is 5.11 Å². The van der Waals surface area contributed by atoms with Gasteiger partial charge in [0, 0.05) is 0 Å². The monoisotopic (exact) mass is 210 g/mol. The number of hydrogen-bond acceptors (Lipinski definition) is 1. The summed E-state index contributed by atoms with van der Waals surface area (Å²) in [6.45, 7) is 4.55. The molecule has 0 heterocycles. The molecule has 0 saturated heterocycles. The van der Waals surface area contributed by atoms with Gasteiger partial charge in [-0.2, -0.15) is 0 Å². The van der Waals surface area contributed by atoms with Crippen molar-refractivity contribution in [2.75, 3.05) is 0 Å². The fraction of sp³-hybridized carbons (Fsp3) is 0.923. The van der Waals surface area contributed by atoms with Crippen molar-refractivity contribution < 1.29 is 9.90 Å². The molecular formula is C13H22O2. The standard InChI is InChI=1S/C13H22O2/c1-8(2)5-11-6-10-4-3-9(11)7-12(10)13(14)15/h8-12H,3-7H2,1-2H3,(H,14,15). The van der Waals surface area contributed by atoms with Crippen LogP contribution in [0.1, 0.15) is 46.0 Å². The fourth-order valence-electron chi connectivity index (χ4n) is 3.75. The van der Waals surface area contributed by atoms with Gasteiger partial charge in [0.15, 0.2) is 0 Å². The van der Waals surface area contributed by atoms with Crippen molar-refractivity contribution in [2.24, 2.45) is 29.6 Å². The first-order valence-electron chi connectivity index (χ1n) is 6.30. The van der Waals surface area contributed by atoms with Crippen LogP contribution in [0.25, 0.3) is 0 Å². The zero-order valence-electron chi connectivity index (χ0n) is 9.78. The molecule has 3 aliphatic carbocycles. The normalized spacial score (nSPS) is 39.7. The summed E-state index contributed by atoms with van der Waals surface area (Å²) >= 11 is 0. The highest BCUT2D eigenvalue weighted by atomic mass is 16.4. The van der Waals surface area contributed by atoms with Crippen molar-refractivity contribution in [2.45, 2.75) is 46.0 Å². The van der Waals surface area contributed by atoms with Gasteiger partial charge >= 0.3 is 5.97 Å². The van der Waals surface area contributed by atoms with Crippen LogP contribution in [0.5, 0.6) is 0 Å². The third kappa shape index (κ3) is 2.19.